The first kappa shape index (κ1) is 10.9. The molecule has 1 aromatic rings. The molecule has 0 radical (unpaired) electrons. The number of benzene rings is 1. The van der Waals surface area contributed by atoms with Gasteiger partial charge in [-0.2, -0.15) is 0 Å². The van der Waals surface area contributed by atoms with Crippen molar-refractivity contribution in [2.45, 2.75) is 6.54 Å². The predicted molar refractivity (Wildman–Crippen MR) is 64.9 cm³/mol. The third kappa shape index (κ3) is 3.30. The normalized spacial score (nSPS) is 10.2. The standard InChI is InChI=1S/C7H6Cl2INS/c8-6-2-1-5(3-7(6)9)4-11-12-10/h1-3,11H,4H2. The van der Waals surface area contributed by atoms with Crippen LogP contribution in [-0.2, 0) is 6.54 Å². The quantitative estimate of drug-likeness (QED) is 0.660. The van der Waals surface area contributed by atoms with E-state index < -0.39 is 0 Å². The van der Waals surface area contributed by atoms with E-state index in [2.05, 4.69) is 25.9 Å². The van der Waals surface area contributed by atoms with E-state index in [9.17, 15) is 0 Å². The largest absolute Gasteiger partial charge is 0.251 e. The van der Waals surface area contributed by atoms with Crippen molar-refractivity contribution in [3.8, 4) is 0 Å². The SMILES string of the molecule is Clc1ccc(CNSI)cc1Cl. The van der Waals surface area contributed by atoms with E-state index in [4.69, 9.17) is 23.2 Å². The Kier molecular flexibility index (Phi) is 5.04. The molecule has 1 N–H and O–H groups in total. The maximum atomic E-state index is 5.82. The van der Waals surface area contributed by atoms with E-state index in [0.717, 1.165) is 12.1 Å². The van der Waals surface area contributed by atoms with E-state index in [1.165, 1.54) is 0 Å². The van der Waals surface area contributed by atoms with Gasteiger partial charge < -0.3 is 0 Å². The molecule has 66 valence electrons. The molecule has 0 saturated heterocycles. The van der Waals surface area contributed by atoms with Gasteiger partial charge in [-0.05, 0) is 26.8 Å². The highest BCUT2D eigenvalue weighted by molar-refractivity contribution is 14.2. The van der Waals surface area contributed by atoms with Crippen LogP contribution in [0.1, 0.15) is 5.56 Å². The van der Waals surface area contributed by atoms with Crippen LogP contribution in [0.4, 0.5) is 0 Å². The first-order valence-electron chi connectivity index (χ1n) is 3.18. The van der Waals surface area contributed by atoms with Crippen LogP contribution in [0.25, 0.3) is 0 Å². The van der Waals surface area contributed by atoms with Gasteiger partial charge in [0, 0.05) is 27.8 Å². The zero-order valence-electron chi connectivity index (χ0n) is 5.98. The fourth-order valence-electron chi connectivity index (χ4n) is 0.760. The lowest BCUT2D eigenvalue weighted by Crippen LogP contribution is -1.99. The molecule has 0 amide bonds. The second-order valence-electron chi connectivity index (χ2n) is 2.15. The van der Waals surface area contributed by atoms with Crippen LogP contribution in [0.15, 0.2) is 18.2 Å². The smallest absolute Gasteiger partial charge is 0.0595 e. The molecule has 0 heterocycles. The molecule has 1 nitrogen and oxygen atoms in total. The lowest BCUT2D eigenvalue weighted by Gasteiger charge is -2.01. The van der Waals surface area contributed by atoms with Gasteiger partial charge in [0.15, 0.2) is 0 Å². The van der Waals surface area contributed by atoms with Crippen molar-refractivity contribution in [2.24, 2.45) is 0 Å². The highest BCUT2D eigenvalue weighted by Crippen LogP contribution is 2.22. The van der Waals surface area contributed by atoms with Crippen LogP contribution in [0.2, 0.25) is 10.0 Å². The molecule has 0 aliphatic rings. The Balaban J connectivity index is 2.69. The van der Waals surface area contributed by atoms with Gasteiger partial charge >= 0.3 is 0 Å². The van der Waals surface area contributed by atoms with Crippen LogP contribution in [-0.4, -0.2) is 0 Å². The van der Waals surface area contributed by atoms with Crippen molar-refractivity contribution in [1.82, 2.24) is 4.72 Å². The Morgan fingerprint density at radius 3 is 2.67 bits per heavy atom. The molecule has 0 atom stereocenters. The number of rotatable bonds is 3. The van der Waals surface area contributed by atoms with Gasteiger partial charge in [-0.25, -0.2) is 0 Å². The fourth-order valence-corrected chi connectivity index (χ4v) is 1.77. The Hall–Kier alpha value is 0.840. The molecule has 1 rings (SSSR count). The number of nitrogens with one attached hydrogen (secondary N) is 1. The highest BCUT2D eigenvalue weighted by atomic mass is 127. The molecule has 0 aromatic heterocycles. The Morgan fingerprint density at radius 2 is 2.08 bits per heavy atom. The minimum Gasteiger partial charge on any atom is -0.251 e. The molecule has 0 unspecified atom stereocenters. The monoisotopic (exact) mass is 333 g/mol. The van der Waals surface area contributed by atoms with E-state index in [0.29, 0.717) is 10.0 Å². The fraction of sp³-hybridized carbons (Fsp3) is 0.143. The molecule has 0 spiro atoms. The summed E-state index contributed by atoms with van der Waals surface area (Å²) < 4.78 is 3.11. The summed E-state index contributed by atoms with van der Waals surface area (Å²) in [5.74, 6) is 0. The molecule has 5 heteroatoms. The van der Waals surface area contributed by atoms with Gasteiger partial charge in [-0.15, -0.1) is 0 Å². The summed E-state index contributed by atoms with van der Waals surface area (Å²) in [6.45, 7) is 0.796. The van der Waals surface area contributed by atoms with Crippen molar-refractivity contribution in [2.75, 3.05) is 0 Å². The summed E-state index contributed by atoms with van der Waals surface area (Å²) in [6, 6.07) is 5.62. The van der Waals surface area contributed by atoms with Crippen LogP contribution in [0.3, 0.4) is 0 Å². The Morgan fingerprint density at radius 1 is 1.33 bits per heavy atom. The average Bonchev–Trinajstić information content (AvgIpc) is 2.07. The van der Waals surface area contributed by atoms with E-state index in [1.54, 1.807) is 15.2 Å². The summed E-state index contributed by atoms with van der Waals surface area (Å²) >= 11 is 13.8. The molecule has 0 aliphatic heterocycles. The molecular weight excluding hydrogens is 328 g/mol. The van der Waals surface area contributed by atoms with Crippen LogP contribution < -0.4 is 4.72 Å². The maximum absolute atomic E-state index is 5.82. The lowest BCUT2D eigenvalue weighted by molar-refractivity contribution is 0.985. The average molecular weight is 334 g/mol. The van der Waals surface area contributed by atoms with Crippen LogP contribution in [0, 0.1) is 0 Å². The summed E-state index contributed by atoms with van der Waals surface area (Å²) in [4.78, 5) is 0. The molecule has 0 fully saturated rings. The van der Waals surface area contributed by atoms with Crippen molar-refractivity contribution in [1.29, 1.82) is 0 Å². The molecule has 1 aromatic carbocycles. The van der Waals surface area contributed by atoms with E-state index >= 15 is 0 Å². The summed E-state index contributed by atoms with van der Waals surface area (Å²) in [6.07, 6.45) is 0. The molecule has 0 saturated carbocycles. The third-order valence-electron chi connectivity index (χ3n) is 1.31. The Bertz CT molecular complexity index is 270. The number of halogens is 3. The zero-order chi connectivity index (χ0) is 8.97. The highest BCUT2D eigenvalue weighted by Gasteiger charge is 1.98. The molecule has 0 aliphatic carbocycles. The van der Waals surface area contributed by atoms with Crippen molar-refractivity contribution in [3.63, 3.8) is 0 Å². The van der Waals surface area contributed by atoms with Gasteiger partial charge in [0.25, 0.3) is 0 Å². The van der Waals surface area contributed by atoms with Crippen molar-refractivity contribution in [3.05, 3.63) is 33.8 Å². The van der Waals surface area contributed by atoms with Gasteiger partial charge in [0.05, 0.1) is 10.0 Å². The third-order valence-corrected chi connectivity index (χ3v) is 3.24. The topological polar surface area (TPSA) is 12.0 Å². The lowest BCUT2D eigenvalue weighted by atomic mass is 10.2. The number of hydrogen-bond acceptors (Lipinski definition) is 2. The molecular formula is C7H6Cl2INS. The Labute approximate surface area is 97.9 Å². The van der Waals surface area contributed by atoms with Gasteiger partial charge in [-0.1, -0.05) is 29.3 Å². The summed E-state index contributed by atoms with van der Waals surface area (Å²) in [5.41, 5.74) is 1.13. The van der Waals surface area contributed by atoms with Gasteiger partial charge in [0.2, 0.25) is 0 Å². The predicted octanol–water partition coefficient (Wildman–Crippen LogP) is 4.08. The van der Waals surface area contributed by atoms with E-state index in [-0.39, 0.29) is 0 Å². The van der Waals surface area contributed by atoms with Gasteiger partial charge in [-0.3, -0.25) is 4.72 Å². The van der Waals surface area contributed by atoms with Crippen molar-refractivity contribution >= 4 is 53.5 Å². The first-order chi connectivity index (χ1) is 5.74. The summed E-state index contributed by atoms with van der Waals surface area (Å²) in [5, 5.41) is 1.21. The minimum atomic E-state index is 0.600. The minimum absolute atomic E-state index is 0.600. The zero-order valence-corrected chi connectivity index (χ0v) is 10.5. The second kappa shape index (κ2) is 5.54. The summed E-state index contributed by atoms with van der Waals surface area (Å²) in [7, 11) is 1.55. The van der Waals surface area contributed by atoms with E-state index in [1.807, 2.05) is 12.1 Å². The first-order valence-corrected chi connectivity index (χ1v) is 7.30. The molecule has 0 bridgehead atoms. The second-order valence-corrected chi connectivity index (χ2v) is 4.73. The van der Waals surface area contributed by atoms with Crippen LogP contribution >= 0.6 is 53.5 Å². The van der Waals surface area contributed by atoms with Crippen LogP contribution in [0.5, 0.6) is 0 Å². The molecule has 12 heavy (non-hydrogen) atoms. The van der Waals surface area contributed by atoms with Crippen molar-refractivity contribution < 1.29 is 0 Å². The number of hydrogen-bond donors (Lipinski definition) is 1. The van der Waals surface area contributed by atoms with Gasteiger partial charge in [0.1, 0.15) is 0 Å². The maximum Gasteiger partial charge on any atom is 0.0595 e.